The molecule has 1 aromatic carbocycles. The zero-order chi connectivity index (χ0) is 17.9. The summed E-state index contributed by atoms with van der Waals surface area (Å²) in [5.41, 5.74) is 2.31. The lowest BCUT2D eigenvalue weighted by molar-refractivity contribution is -0.137. The van der Waals surface area contributed by atoms with Gasteiger partial charge in [0.15, 0.2) is 0 Å². The number of aromatic nitrogens is 2. The van der Waals surface area contributed by atoms with E-state index in [2.05, 4.69) is 31.2 Å². The van der Waals surface area contributed by atoms with Crippen LogP contribution in [0.25, 0.3) is 0 Å². The Labute approximate surface area is 141 Å². The number of nitrogens with zero attached hydrogens (tertiary/aromatic N) is 2. The Bertz CT molecular complexity index is 727. The zero-order valence-electron chi connectivity index (χ0n) is 14.4. The number of hydrogen-bond acceptors (Lipinski definition) is 3. The van der Waals surface area contributed by atoms with Gasteiger partial charge in [-0.25, -0.2) is 0 Å². The van der Waals surface area contributed by atoms with Crippen molar-refractivity contribution in [3.8, 4) is 0 Å². The summed E-state index contributed by atoms with van der Waals surface area (Å²) >= 11 is 0. The van der Waals surface area contributed by atoms with Gasteiger partial charge in [0.2, 0.25) is 0 Å². The third kappa shape index (κ3) is 4.22. The third-order valence-electron chi connectivity index (χ3n) is 3.92. The summed E-state index contributed by atoms with van der Waals surface area (Å²) in [5.74, 6) is -1.31. The highest BCUT2D eigenvalue weighted by molar-refractivity contribution is 5.93. The Kier molecular flexibility index (Phi) is 5.07. The van der Waals surface area contributed by atoms with Crippen LogP contribution in [0.5, 0.6) is 0 Å². The second-order valence-electron chi connectivity index (χ2n) is 6.84. The molecule has 6 nitrogen and oxygen atoms in total. The SMILES string of the molecule is Cn1nccc1C(=O)NC(CC(=O)O)c1ccc(C(C)(C)C)cc1. The highest BCUT2D eigenvalue weighted by Gasteiger charge is 2.21. The fraction of sp³-hybridized carbons (Fsp3) is 0.389. The number of rotatable bonds is 5. The van der Waals surface area contributed by atoms with Gasteiger partial charge in [-0.05, 0) is 22.6 Å². The van der Waals surface area contributed by atoms with Crippen molar-refractivity contribution in [1.82, 2.24) is 15.1 Å². The summed E-state index contributed by atoms with van der Waals surface area (Å²) in [6.07, 6.45) is 1.34. The van der Waals surface area contributed by atoms with E-state index in [-0.39, 0.29) is 17.7 Å². The van der Waals surface area contributed by atoms with Crippen molar-refractivity contribution in [3.05, 3.63) is 53.3 Å². The molecule has 1 aromatic heterocycles. The highest BCUT2D eigenvalue weighted by atomic mass is 16.4. The van der Waals surface area contributed by atoms with Gasteiger partial charge in [-0.3, -0.25) is 14.3 Å². The first kappa shape index (κ1) is 17.7. The average molecular weight is 329 g/mol. The van der Waals surface area contributed by atoms with Gasteiger partial charge < -0.3 is 10.4 Å². The number of carboxylic acids is 1. The number of carbonyl (C=O) groups is 2. The molecule has 0 radical (unpaired) electrons. The molecule has 2 N–H and O–H groups in total. The van der Waals surface area contributed by atoms with Crippen LogP contribution in [0.2, 0.25) is 0 Å². The van der Waals surface area contributed by atoms with Crippen LogP contribution in [0.15, 0.2) is 36.5 Å². The molecule has 24 heavy (non-hydrogen) atoms. The Morgan fingerprint density at radius 1 is 1.21 bits per heavy atom. The summed E-state index contributed by atoms with van der Waals surface area (Å²) < 4.78 is 1.45. The standard InChI is InChI=1S/C18H23N3O3/c1-18(2,3)13-7-5-12(6-8-13)14(11-16(22)23)20-17(24)15-9-10-19-21(15)4/h5-10,14H,11H2,1-4H3,(H,20,24)(H,22,23). The molecule has 128 valence electrons. The van der Waals surface area contributed by atoms with E-state index in [1.807, 2.05) is 24.3 Å². The summed E-state index contributed by atoms with van der Waals surface area (Å²) in [6, 6.07) is 8.69. The van der Waals surface area contributed by atoms with Crippen LogP contribution in [0.3, 0.4) is 0 Å². The molecule has 0 aliphatic carbocycles. The maximum Gasteiger partial charge on any atom is 0.305 e. The van der Waals surface area contributed by atoms with Crippen LogP contribution in [0.4, 0.5) is 0 Å². The summed E-state index contributed by atoms with van der Waals surface area (Å²) in [7, 11) is 1.67. The van der Waals surface area contributed by atoms with Gasteiger partial charge in [-0.15, -0.1) is 0 Å². The smallest absolute Gasteiger partial charge is 0.305 e. The maximum atomic E-state index is 12.4. The molecule has 6 heteroatoms. The van der Waals surface area contributed by atoms with Crippen molar-refractivity contribution in [2.24, 2.45) is 7.05 Å². The van der Waals surface area contributed by atoms with Gasteiger partial charge in [0.1, 0.15) is 5.69 Å². The second kappa shape index (κ2) is 6.86. The number of nitrogens with one attached hydrogen (secondary N) is 1. The van der Waals surface area contributed by atoms with Crippen molar-refractivity contribution in [2.45, 2.75) is 38.6 Å². The topological polar surface area (TPSA) is 84.2 Å². The molecule has 0 aliphatic heterocycles. The zero-order valence-corrected chi connectivity index (χ0v) is 14.4. The molecular formula is C18H23N3O3. The van der Waals surface area contributed by atoms with E-state index in [1.165, 1.54) is 10.9 Å². The van der Waals surface area contributed by atoms with Gasteiger partial charge in [0.05, 0.1) is 12.5 Å². The Hall–Kier alpha value is -2.63. The molecule has 0 aliphatic rings. The Morgan fingerprint density at radius 3 is 2.29 bits per heavy atom. The number of amides is 1. The lowest BCUT2D eigenvalue weighted by atomic mass is 9.86. The first-order valence-electron chi connectivity index (χ1n) is 7.79. The van der Waals surface area contributed by atoms with Gasteiger partial charge in [-0.2, -0.15) is 5.10 Å². The Morgan fingerprint density at radius 2 is 1.83 bits per heavy atom. The molecule has 0 saturated carbocycles. The van der Waals surface area contributed by atoms with Crippen LogP contribution in [-0.2, 0) is 17.3 Å². The summed E-state index contributed by atoms with van der Waals surface area (Å²) in [4.78, 5) is 23.5. The first-order valence-corrected chi connectivity index (χ1v) is 7.79. The Balaban J connectivity index is 2.23. The van der Waals surface area contributed by atoms with E-state index in [9.17, 15) is 9.59 Å². The summed E-state index contributed by atoms with van der Waals surface area (Å²) in [5, 5.41) is 15.9. The molecule has 2 rings (SSSR count). The largest absolute Gasteiger partial charge is 0.481 e. The molecule has 2 aromatic rings. The molecule has 1 heterocycles. The van der Waals surface area contributed by atoms with Crippen LogP contribution in [0, 0.1) is 0 Å². The quantitative estimate of drug-likeness (QED) is 0.883. The minimum atomic E-state index is -0.967. The van der Waals surface area contributed by atoms with Crippen LogP contribution in [0.1, 0.15) is 54.8 Å². The van der Waals surface area contributed by atoms with Crippen molar-refractivity contribution in [3.63, 3.8) is 0 Å². The van der Waals surface area contributed by atoms with Gasteiger partial charge in [0.25, 0.3) is 5.91 Å². The number of hydrogen-bond donors (Lipinski definition) is 2. The monoisotopic (exact) mass is 329 g/mol. The number of aliphatic carboxylic acids is 1. The van der Waals surface area contributed by atoms with E-state index in [1.54, 1.807) is 13.1 Å². The molecule has 1 amide bonds. The molecular weight excluding hydrogens is 306 g/mol. The normalized spacial score (nSPS) is 12.7. The van der Waals surface area contributed by atoms with E-state index in [4.69, 9.17) is 5.11 Å². The average Bonchev–Trinajstić information content (AvgIpc) is 2.91. The number of carbonyl (C=O) groups excluding carboxylic acids is 1. The fourth-order valence-electron chi connectivity index (χ4n) is 2.47. The number of carboxylic acid groups (broad SMARTS) is 1. The minimum Gasteiger partial charge on any atom is -0.481 e. The molecule has 0 fully saturated rings. The highest BCUT2D eigenvalue weighted by Crippen LogP contribution is 2.25. The minimum absolute atomic E-state index is 0.0127. The third-order valence-corrected chi connectivity index (χ3v) is 3.92. The van der Waals surface area contributed by atoms with E-state index in [0.29, 0.717) is 5.69 Å². The lowest BCUT2D eigenvalue weighted by Gasteiger charge is -2.22. The van der Waals surface area contributed by atoms with Crippen molar-refractivity contribution in [2.75, 3.05) is 0 Å². The molecule has 1 unspecified atom stereocenters. The van der Waals surface area contributed by atoms with E-state index < -0.39 is 12.0 Å². The van der Waals surface area contributed by atoms with Crippen molar-refractivity contribution < 1.29 is 14.7 Å². The molecule has 0 saturated heterocycles. The predicted molar refractivity (Wildman–Crippen MR) is 90.8 cm³/mol. The molecule has 1 atom stereocenters. The second-order valence-corrected chi connectivity index (χ2v) is 6.84. The summed E-state index contributed by atoms with van der Waals surface area (Å²) in [6.45, 7) is 6.34. The first-order chi connectivity index (χ1) is 11.2. The van der Waals surface area contributed by atoms with Crippen molar-refractivity contribution >= 4 is 11.9 Å². The molecule has 0 spiro atoms. The van der Waals surface area contributed by atoms with Crippen LogP contribution < -0.4 is 5.32 Å². The predicted octanol–water partition coefficient (Wildman–Crippen LogP) is 2.66. The van der Waals surface area contributed by atoms with Gasteiger partial charge in [-0.1, -0.05) is 45.0 Å². The fourth-order valence-corrected chi connectivity index (χ4v) is 2.47. The van der Waals surface area contributed by atoms with Crippen LogP contribution >= 0.6 is 0 Å². The lowest BCUT2D eigenvalue weighted by Crippen LogP contribution is -2.31. The van der Waals surface area contributed by atoms with E-state index >= 15 is 0 Å². The molecule has 0 bridgehead atoms. The van der Waals surface area contributed by atoms with E-state index in [0.717, 1.165) is 11.1 Å². The van der Waals surface area contributed by atoms with Gasteiger partial charge >= 0.3 is 5.97 Å². The van der Waals surface area contributed by atoms with Gasteiger partial charge in [0, 0.05) is 13.2 Å². The van der Waals surface area contributed by atoms with Crippen molar-refractivity contribution in [1.29, 1.82) is 0 Å². The van der Waals surface area contributed by atoms with Crippen LogP contribution in [-0.4, -0.2) is 26.8 Å². The number of benzene rings is 1. The number of aryl methyl sites for hydroxylation is 1. The maximum absolute atomic E-state index is 12.4.